The van der Waals surface area contributed by atoms with E-state index < -0.39 is 5.92 Å². The van der Waals surface area contributed by atoms with Gasteiger partial charge in [0.15, 0.2) is 0 Å². The summed E-state index contributed by atoms with van der Waals surface area (Å²) in [5.41, 5.74) is 3.68. The molecule has 6 nitrogen and oxygen atoms in total. The highest BCUT2D eigenvalue weighted by Crippen LogP contribution is 2.37. The summed E-state index contributed by atoms with van der Waals surface area (Å²) in [6, 6.07) is 7.66. The molecule has 0 N–H and O–H groups in total. The summed E-state index contributed by atoms with van der Waals surface area (Å²) in [5.74, 6) is 0.860. The number of carbonyl (C=O) groups is 2. The number of fused-ring (bicyclic) bond motifs is 2. The zero-order valence-corrected chi connectivity index (χ0v) is 16.0. The summed E-state index contributed by atoms with van der Waals surface area (Å²) >= 11 is 0. The molecule has 0 saturated heterocycles. The highest BCUT2D eigenvalue weighted by molar-refractivity contribution is 6.02. The van der Waals surface area contributed by atoms with Crippen LogP contribution >= 0.6 is 0 Å². The second-order valence-electron chi connectivity index (χ2n) is 7.82. The van der Waals surface area contributed by atoms with Crippen LogP contribution in [0.3, 0.4) is 0 Å². The van der Waals surface area contributed by atoms with Gasteiger partial charge in [-0.3, -0.25) is 9.59 Å². The monoisotopic (exact) mass is 364 g/mol. The van der Waals surface area contributed by atoms with E-state index >= 15 is 0 Å². The SMILES string of the molecule is CC(C)Cc1ncc2c(n1)CN(C(=O)C1CC(=O)N(C)c3ccccc31)C2. The Balaban J connectivity index is 1.57. The van der Waals surface area contributed by atoms with Crippen molar-refractivity contribution in [2.45, 2.75) is 45.7 Å². The van der Waals surface area contributed by atoms with Gasteiger partial charge < -0.3 is 9.80 Å². The number of anilines is 1. The molecule has 2 aliphatic rings. The van der Waals surface area contributed by atoms with E-state index in [9.17, 15) is 9.59 Å². The topological polar surface area (TPSA) is 66.4 Å². The van der Waals surface area contributed by atoms with Crippen LogP contribution in [-0.4, -0.2) is 33.7 Å². The first kappa shape index (κ1) is 17.6. The summed E-state index contributed by atoms with van der Waals surface area (Å²) in [7, 11) is 1.76. The van der Waals surface area contributed by atoms with Crippen LogP contribution in [0.25, 0.3) is 0 Å². The Kier molecular flexibility index (Phi) is 4.42. The van der Waals surface area contributed by atoms with Crippen LogP contribution < -0.4 is 4.90 Å². The van der Waals surface area contributed by atoms with E-state index in [4.69, 9.17) is 0 Å². The van der Waals surface area contributed by atoms with Gasteiger partial charge in [-0.25, -0.2) is 9.97 Å². The van der Waals surface area contributed by atoms with Crippen molar-refractivity contribution < 1.29 is 9.59 Å². The van der Waals surface area contributed by atoms with Gasteiger partial charge in [-0.2, -0.15) is 0 Å². The molecular weight excluding hydrogens is 340 g/mol. The third-order valence-electron chi connectivity index (χ3n) is 5.33. The van der Waals surface area contributed by atoms with Crippen LogP contribution in [0, 0.1) is 5.92 Å². The van der Waals surface area contributed by atoms with Gasteiger partial charge in [-0.1, -0.05) is 32.0 Å². The van der Waals surface area contributed by atoms with Crippen molar-refractivity contribution in [2.24, 2.45) is 5.92 Å². The zero-order chi connectivity index (χ0) is 19.1. The van der Waals surface area contributed by atoms with E-state index in [1.807, 2.05) is 30.5 Å². The minimum absolute atomic E-state index is 0.00712. The molecule has 6 heteroatoms. The van der Waals surface area contributed by atoms with Crippen LogP contribution in [0.2, 0.25) is 0 Å². The Bertz CT molecular complexity index is 909. The molecule has 3 heterocycles. The molecule has 1 aromatic carbocycles. The number of nitrogens with zero attached hydrogens (tertiary/aromatic N) is 4. The third-order valence-corrected chi connectivity index (χ3v) is 5.33. The largest absolute Gasteiger partial charge is 0.332 e. The smallest absolute Gasteiger partial charge is 0.231 e. The molecular formula is C21H24N4O2. The van der Waals surface area contributed by atoms with Gasteiger partial charge in [-0.05, 0) is 17.5 Å². The average Bonchev–Trinajstić information content (AvgIpc) is 3.07. The minimum Gasteiger partial charge on any atom is -0.332 e. The molecule has 1 aromatic heterocycles. The molecule has 140 valence electrons. The van der Waals surface area contributed by atoms with Gasteiger partial charge in [0.25, 0.3) is 0 Å². The van der Waals surface area contributed by atoms with Crippen LogP contribution in [0.5, 0.6) is 0 Å². The fourth-order valence-electron chi connectivity index (χ4n) is 3.90. The lowest BCUT2D eigenvalue weighted by Gasteiger charge is -2.32. The highest BCUT2D eigenvalue weighted by atomic mass is 16.2. The molecule has 0 saturated carbocycles. The van der Waals surface area contributed by atoms with Crippen LogP contribution in [0.4, 0.5) is 5.69 Å². The lowest BCUT2D eigenvalue weighted by molar-refractivity contribution is -0.135. The Morgan fingerprint density at radius 1 is 1.26 bits per heavy atom. The van der Waals surface area contributed by atoms with Crippen LogP contribution in [0.15, 0.2) is 30.5 Å². The van der Waals surface area contributed by atoms with Crippen LogP contribution in [-0.2, 0) is 29.1 Å². The molecule has 0 fully saturated rings. The van der Waals surface area contributed by atoms with Crippen molar-refractivity contribution in [3.05, 3.63) is 53.1 Å². The van der Waals surface area contributed by atoms with E-state index in [1.165, 1.54) is 0 Å². The summed E-state index contributed by atoms with van der Waals surface area (Å²) in [6.07, 6.45) is 2.89. The summed E-state index contributed by atoms with van der Waals surface area (Å²) in [4.78, 5) is 38.2. The predicted molar refractivity (Wildman–Crippen MR) is 102 cm³/mol. The number of benzene rings is 1. The average molecular weight is 364 g/mol. The number of aromatic nitrogens is 2. The van der Waals surface area contributed by atoms with E-state index in [0.29, 0.717) is 19.0 Å². The van der Waals surface area contributed by atoms with Gasteiger partial charge in [-0.15, -0.1) is 0 Å². The molecule has 0 aliphatic carbocycles. The number of amides is 2. The number of rotatable bonds is 3. The lowest BCUT2D eigenvalue weighted by Crippen LogP contribution is -2.39. The molecule has 0 radical (unpaired) electrons. The quantitative estimate of drug-likeness (QED) is 0.840. The molecule has 27 heavy (non-hydrogen) atoms. The molecule has 1 atom stereocenters. The second-order valence-corrected chi connectivity index (χ2v) is 7.82. The van der Waals surface area contributed by atoms with Crippen molar-refractivity contribution in [3.63, 3.8) is 0 Å². The summed E-state index contributed by atoms with van der Waals surface area (Å²) in [5, 5.41) is 0. The first-order valence-electron chi connectivity index (χ1n) is 9.42. The van der Waals surface area contributed by atoms with Gasteiger partial charge in [0, 0.05) is 43.9 Å². The fourth-order valence-corrected chi connectivity index (χ4v) is 3.90. The van der Waals surface area contributed by atoms with Gasteiger partial charge >= 0.3 is 0 Å². The Labute approximate surface area is 159 Å². The fraction of sp³-hybridized carbons (Fsp3) is 0.429. The lowest BCUT2D eigenvalue weighted by atomic mass is 9.88. The van der Waals surface area contributed by atoms with Gasteiger partial charge in [0.05, 0.1) is 18.2 Å². The normalized spacial score (nSPS) is 18.7. The Hall–Kier alpha value is -2.76. The van der Waals surface area contributed by atoms with Crippen molar-refractivity contribution in [1.82, 2.24) is 14.9 Å². The first-order chi connectivity index (χ1) is 12.9. The number of hydrogen-bond donors (Lipinski definition) is 0. The minimum atomic E-state index is -0.428. The van der Waals surface area contributed by atoms with Crippen molar-refractivity contribution in [3.8, 4) is 0 Å². The zero-order valence-electron chi connectivity index (χ0n) is 16.0. The van der Waals surface area contributed by atoms with E-state index in [1.54, 1.807) is 16.8 Å². The Morgan fingerprint density at radius 3 is 2.81 bits per heavy atom. The maximum Gasteiger partial charge on any atom is 0.231 e. The summed E-state index contributed by atoms with van der Waals surface area (Å²) < 4.78 is 0. The predicted octanol–water partition coefficient (Wildman–Crippen LogP) is 2.67. The highest BCUT2D eigenvalue weighted by Gasteiger charge is 2.37. The molecule has 4 rings (SSSR count). The Morgan fingerprint density at radius 2 is 2.04 bits per heavy atom. The number of hydrogen-bond acceptors (Lipinski definition) is 4. The second kappa shape index (κ2) is 6.76. The number of para-hydroxylation sites is 1. The van der Waals surface area contributed by atoms with E-state index in [2.05, 4.69) is 23.8 Å². The number of carbonyl (C=O) groups excluding carboxylic acids is 2. The van der Waals surface area contributed by atoms with Crippen LogP contribution in [0.1, 0.15) is 48.8 Å². The third kappa shape index (κ3) is 3.20. The van der Waals surface area contributed by atoms with Gasteiger partial charge in [0.1, 0.15) is 5.82 Å². The molecule has 2 aromatic rings. The maximum atomic E-state index is 13.3. The summed E-state index contributed by atoms with van der Waals surface area (Å²) in [6.45, 7) is 5.28. The van der Waals surface area contributed by atoms with Crippen molar-refractivity contribution >= 4 is 17.5 Å². The molecule has 1 unspecified atom stereocenters. The molecule has 0 bridgehead atoms. The first-order valence-corrected chi connectivity index (χ1v) is 9.42. The van der Waals surface area contributed by atoms with Crippen molar-refractivity contribution in [2.75, 3.05) is 11.9 Å². The standard InChI is InChI=1S/C21H24N4O2/c1-13(2)8-19-22-10-14-11-25(12-17(14)23-19)21(27)16-9-20(26)24(3)18-7-5-4-6-15(16)18/h4-7,10,13,16H,8-9,11-12H2,1-3H3. The maximum absolute atomic E-state index is 13.3. The van der Waals surface area contributed by atoms with Crippen molar-refractivity contribution in [1.29, 1.82) is 0 Å². The van der Waals surface area contributed by atoms with E-state index in [0.717, 1.165) is 34.8 Å². The van der Waals surface area contributed by atoms with Gasteiger partial charge in [0.2, 0.25) is 11.8 Å². The van der Waals surface area contributed by atoms with E-state index in [-0.39, 0.29) is 18.2 Å². The molecule has 2 amide bonds. The molecule has 2 aliphatic heterocycles. The molecule has 0 spiro atoms.